The first-order valence-electron chi connectivity index (χ1n) is 10.3. The van der Waals surface area contributed by atoms with E-state index in [0.29, 0.717) is 12.0 Å². The minimum absolute atomic E-state index is 0.110. The van der Waals surface area contributed by atoms with Crippen LogP contribution < -0.4 is 5.32 Å². The number of aryl methyl sites for hydroxylation is 1. The van der Waals surface area contributed by atoms with Crippen LogP contribution in [0.1, 0.15) is 22.3 Å². The van der Waals surface area contributed by atoms with Crippen molar-refractivity contribution in [2.24, 2.45) is 0 Å². The van der Waals surface area contributed by atoms with E-state index in [2.05, 4.69) is 5.32 Å². The molecule has 1 unspecified atom stereocenters. The van der Waals surface area contributed by atoms with Gasteiger partial charge in [0.05, 0.1) is 6.42 Å². The Morgan fingerprint density at radius 2 is 1.55 bits per heavy atom. The van der Waals surface area contributed by atoms with Crippen molar-refractivity contribution in [2.45, 2.75) is 32.4 Å². The monoisotopic (exact) mass is 418 g/mol. The number of benzene rings is 3. The molecule has 3 aromatic rings. The van der Waals surface area contributed by atoms with Crippen LogP contribution in [0.2, 0.25) is 0 Å². The fraction of sp³-hybridized carbons (Fsp3) is 0.231. The van der Waals surface area contributed by atoms with E-state index < -0.39 is 11.9 Å². The number of halogens is 1. The molecule has 0 spiro atoms. The first-order chi connectivity index (χ1) is 15.0. The highest BCUT2D eigenvalue weighted by atomic mass is 19.1. The normalized spacial score (nSPS) is 11.6. The highest BCUT2D eigenvalue weighted by Gasteiger charge is 2.30. The van der Waals surface area contributed by atoms with Crippen molar-refractivity contribution in [1.29, 1.82) is 0 Å². The van der Waals surface area contributed by atoms with Crippen LogP contribution in [-0.2, 0) is 29.0 Å². The molecule has 4 nitrogen and oxygen atoms in total. The van der Waals surface area contributed by atoms with Crippen LogP contribution in [0.5, 0.6) is 0 Å². The number of likely N-dealkylation sites (N-methyl/N-ethyl adjacent to an activating group) is 1. The van der Waals surface area contributed by atoms with E-state index in [9.17, 15) is 14.0 Å². The van der Waals surface area contributed by atoms with E-state index in [-0.39, 0.29) is 24.8 Å². The summed E-state index contributed by atoms with van der Waals surface area (Å²) in [5.74, 6) is -0.973. The van der Waals surface area contributed by atoms with Crippen molar-refractivity contribution >= 4 is 11.8 Å². The van der Waals surface area contributed by atoms with E-state index in [1.807, 2.05) is 61.5 Å². The molecule has 0 fully saturated rings. The molecule has 1 atom stereocenters. The van der Waals surface area contributed by atoms with Crippen LogP contribution in [0.15, 0.2) is 78.9 Å². The van der Waals surface area contributed by atoms with Gasteiger partial charge in [-0.25, -0.2) is 4.39 Å². The van der Waals surface area contributed by atoms with Crippen molar-refractivity contribution < 1.29 is 14.0 Å². The van der Waals surface area contributed by atoms with Crippen LogP contribution in [0.25, 0.3) is 0 Å². The van der Waals surface area contributed by atoms with Crippen LogP contribution in [-0.4, -0.2) is 29.8 Å². The van der Waals surface area contributed by atoms with Gasteiger partial charge in [-0.05, 0) is 29.7 Å². The molecule has 0 aliphatic heterocycles. The quantitative estimate of drug-likeness (QED) is 0.600. The first-order valence-corrected chi connectivity index (χ1v) is 10.3. The van der Waals surface area contributed by atoms with Gasteiger partial charge < -0.3 is 10.2 Å². The van der Waals surface area contributed by atoms with Gasteiger partial charge in [0, 0.05) is 20.0 Å². The van der Waals surface area contributed by atoms with Gasteiger partial charge in [-0.1, -0.05) is 78.4 Å². The fourth-order valence-corrected chi connectivity index (χ4v) is 3.52. The van der Waals surface area contributed by atoms with E-state index in [1.165, 1.54) is 6.07 Å². The maximum atomic E-state index is 14.2. The second-order valence-electron chi connectivity index (χ2n) is 7.60. The molecule has 0 heterocycles. The molecule has 0 aliphatic rings. The molecular formula is C26H27FN2O2. The van der Waals surface area contributed by atoms with Gasteiger partial charge >= 0.3 is 0 Å². The summed E-state index contributed by atoms with van der Waals surface area (Å²) in [6.07, 6.45) is 0.260. The summed E-state index contributed by atoms with van der Waals surface area (Å²) >= 11 is 0. The SMILES string of the molecule is CNC(=O)C(Cc1ccccc1)N(Cc1ccc(C)cc1)C(=O)Cc1ccccc1F. The maximum Gasteiger partial charge on any atom is 0.242 e. The summed E-state index contributed by atoms with van der Waals surface area (Å²) in [5.41, 5.74) is 3.29. The molecule has 160 valence electrons. The lowest BCUT2D eigenvalue weighted by atomic mass is 10.0. The molecule has 2 amide bonds. The summed E-state index contributed by atoms with van der Waals surface area (Å²) in [4.78, 5) is 27.8. The Balaban J connectivity index is 1.94. The zero-order chi connectivity index (χ0) is 22.2. The second-order valence-corrected chi connectivity index (χ2v) is 7.60. The van der Waals surface area contributed by atoms with Gasteiger partial charge in [0.1, 0.15) is 11.9 Å². The summed E-state index contributed by atoms with van der Waals surface area (Å²) < 4.78 is 14.2. The number of hydrogen-bond donors (Lipinski definition) is 1. The lowest BCUT2D eigenvalue weighted by molar-refractivity contribution is -0.140. The largest absolute Gasteiger partial charge is 0.357 e. The minimum atomic E-state index is -0.715. The van der Waals surface area contributed by atoms with Gasteiger partial charge in [0.15, 0.2) is 0 Å². The third-order valence-electron chi connectivity index (χ3n) is 5.29. The van der Waals surface area contributed by atoms with Crippen molar-refractivity contribution in [3.63, 3.8) is 0 Å². The number of nitrogens with one attached hydrogen (secondary N) is 1. The zero-order valence-corrected chi connectivity index (χ0v) is 17.8. The Morgan fingerprint density at radius 1 is 0.903 bits per heavy atom. The molecule has 3 rings (SSSR count). The number of carbonyl (C=O) groups is 2. The zero-order valence-electron chi connectivity index (χ0n) is 17.8. The van der Waals surface area contributed by atoms with Crippen LogP contribution in [0.4, 0.5) is 4.39 Å². The number of hydrogen-bond acceptors (Lipinski definition) is 2. The Labute approximate surface area is 182 Å². The van der Waals surface area contributed by atoms with E-state index in [1.54, 1.807) is 30.1 Å². The van der Waals surface area contributed by atoms with E-state index >= 15 is 0 Å². The molecule has 0 saturated heterocycles. The summed E-state index contributed by atoms with van der Waals surface area (Å²) in [5, 5.41) is 2.68. The number of amides is 2. The molecule has 31 heavy (non-hydrogen) atoms. The van der Waals surface area contributed by atoms with Crippen molar-refractivity contribution in [3.8, 4) is 0 Å². The van der Waals surface area contributed by atoms with Gasteiger partial charge in [-0.15, -0.1) is 0 Å². The Kier molecular flexibility index (Phi) is 7.55. The Bertz CT molecular complexity index is 1020. The third kappa shape index (κ3) is 6.01. The van der Waals surface area contributed by atoms with Crippen molar-refractivity contribution in [3.05, 3.63) is 107 Å². The summed E-state index contributed by atoms with van der Waals surface area (Å²) in [6.45, 7) is 2.26. The van der Waals surface area contributed by atoms with Gasteiger partial charge in [-0.3, -0.25) is 9.59 Å². The van der Waals surface area contributed by atoms with E-state index in [0.717, 1.165) is 16.7 Å². The molecule has 0 bridgehead atoms. The third-order valence-corrected chi connectivity index (χ3v) is 5.29. The average molecular weight is 419 g/mol. The predicted molar refractivity (Wildman–Crippen MR) is 120 cm³/mol. The topological polar surface area (TPSA) is 49.4 Å². The highest BCUT2D eigenvalue weighted by molar-refractivity contribution is 5.88. The smallest absolute Gasteiger partial charge is 0.242 e. The predicted octanol–water partition coefficient (Wildman–Crippen LogP) is 4.06. The summed E-state index contributed by atoms with van der Waals surface area (Å²) in [7, 11) is 1.56. The van der Waals surface area contributed by atoms with E-state index in [4.69, 9.17) is 0 Å². The minimum Gasteiger partial charge on any atom is -0.357 e. The van der Waals surface area contributed by atoms with Crippen LogP contribution >= 0.6 is 0 Å². The fourth-order valence-electron chi connectivity index (χ4n) is 3.52. The lowest BCUT2D eigenvalue weighted by Gasteiger charge is -2.31. The Morgan fingerprint density at radius 3 is 2.19 bits per heavy atom. The van der Waals surface area contributed by atoms with Crippen molar-refractivity contribution in [2.75, 3.05) is 7.05 Å². The number of rotatable bonds is 8. The molecule has 0 aromatic heterocycles. The molecule has 0 saturated carbocycles. The van der Waals surface area contributed by atoms with Crippen LogP contribution in [0, 0.1) is 12.7 Å². The Hall–Kier alpha value is -3.47. The number of nitrogens with zero attached hydrogens (tertiary/aromatic N) is 1. The van der Waals surface area contributed by atoms with Crippen LogP contribution in [0.3, 0.4) is 0 Å². The molecule has 0 aliphatic carbocycles. The standard InChI is InChI=1S/C26H27FN2O2/c1-19-12-14-21(15-13-19)18-29(25(30)17-22-10-6-7-11-23(22)27)24(26(31)28-2)16-20-8-4-3-5-9-20/h3-15,24H,16-18H2,1-2H3,(H,28,31). The highest BCUT2D eigenvalue weighted by Crippen LogP contribution is 2.18. The number of carbonyl (C=O) groups excluding carboxylic acids is 2. The first kappa shape index (κ1) is 22.2. The average Bonchev–Trinajstić information content (AvgIpc) is 2.79. The molecule has 3 aromatic carbocycles. The molecule has 5 heteroatoms. The van der Waals surface area contributed by atoms with Gasteiger partial charge in [0.25, 0.3) is 0 Å². The molecular weight excluding hydrogens is 391 g/mol. The molecule has 1 N–H and O–H groups in total. The second kappa shape index (κ2) is 10.5. The van der Waals surface area contributed by atoms with Crippen molar-refractivity contribution in [1.82, 2.24) is 10.2 Å². The van der Waals surface area contributed by atoms with Gasteiger partial charge in [-0.2, -0.15) is 0 Å². The van der Waals surface area contributed by atoms with Gasteiger partial charge in [0.2, 0.25) is 11.8 Å². The lowest BCUT2D eigenvalue weighted by Crippen LogP contribution is -2.50. The summed E-state index contributed by atoms with van der Waals surface area (Å²) in [6, 6.07) is 22.9. The maximum absolute atomic E-state index is 14.2. The molecule has 0 radical (unpaired) electrons.